The number of hydrogen-bond acceptors (Lipinski definition) is 2. The van der Waals surface area contributed by atoms with Crippen molar-refractivity contribution in [2.75, 3.05) is 26.2 Å². The zero-order valence-corrected chi connectivity index (χ0v) is 9.43. The van der Waals surface area contributed by atoms with Gasteiger partial charge in [-0.05, 0) is 47.2 Å². The molecule has 0 unspecified atom stereocenters. The van der Waals surface area contributed by atoms with E-state index in [4.69, 9.17) is 0 Å². The van der Waals surface area contributed by atoms with Crippen LogP contribution in [0.3, 0.4) is 0 Å². The van der Waals surface area contributed by atoms with Gasteiger partial charge in [0.25, 0.3) is 0 Å². The number of nitrogens with zero attached hydrogens (tertiary/aromatic N) is 2. The maximum Gasteiger partial charge on any atom is 0.0435 e. The van der Waals surface area contributed by atoms with E-state index in [2.05, 4.69) is 37.5 Å². The van der Waals surface area contributed by atoms with E-state index in [-0.39, 0.29) is 0 Å². The third kappa shape index (κ3) is 1.50. The van der Waals surface area contributed by atoms with Gasteiger partial charge in [-0.25, -0.2) is 0 Å². The Balaban J connectivity index is 1.88. The van der Waals surface area contributed by atoms with E-state index in [1.807, 2.05) is 0 Å². The molecule has 76 valence electrons. The van der Waals surface area contributed by atoms with E-state index in [0.717, 1.165) is 0 Å². The fourth-order valence-electron chi connectivity index (χ4n) is 2.31. The Labute approximate surface area is 81.9 Å². The molecule has 0 aromatic carbocycles. The molecule has 0 aliphatic carbocycles. The van der Waals surface area contributed by atoms with Crippen LogP contribution in [0.1, 0.15) is 34.1 Å². The van der Waals surface area contributed by atoms with Gasteiger partial charge in [0.1, 0.15) is 0 Å². The third-order valence-electron chi connectivity index (χ3n) is 3.63. The Bertz CT molecular complexity index is 195. The molecule has 0 bridgehead atoms. The van der Waals surface area contributed by atoms with Gasteiger partial charge in [-0.1, -0.05) is 0 Å². The summed E-state index contributed by atoms with van der Waals surface area (Å²) >= 11 is 0. The predicted octanol–water partition coefficient (Wildman–Crippen LogP) is 1.56. The number of hydrogen-bond donors (Lipinski definition) is 0. The SMILES string of the molecule is CC(C)(C)N1CC(C)(N2CCC2)C1. The summed E-state index contributed by atoms with van der Waals surface area (Å²) in [6, 6.07) is 0. The lowest BCUT2D eigenvalue weighted by Crippen LogP contribution is -2.74. The van der Waals surface area contributed by atoms with Crippen LogP contribution in [0.5, 0.6) is 0 Å². The van der Waals surface area contributed by atoms with Crippen LogP contribution in [-0.2, 0) is 0 Å². The molecule has 2 heteroatoms. The topological polar surface area (TPSA) is 6.48 Å². The van der Waals surface area contributed by atoms with E-state index in [9.17, 15) is 0 Å². The van der Waals surface area contributed by atoms with Gasteiger partial charge in [-0.3, -0.25) is 9.80 Å². The highest BCUT2D eigenvalue weighted by molar-refractivity contribution is 5.05. The standard InChI is InChI=1S/C11H22N2/c1-10(2,3)13-8-11(4,9-13)12-6-5-7-12/h5-9H2,1-4H3. The van der Waals surface area contributed by atoms with Crippen molar-refractivity contribution in [2.24, 2.45) is 0 Å². The van der Waals surface area contributed by atoms with E-state index in [1.165, 1.54) is 32.6 Å². The minimum absolute atomic E-state index is 0.365. The van der Waals surface area contributed by atoms with Crippen LogP contribution >= 0.6 is 0 Å². The Morgan fingerprint density at radius 1 is 1.08 bits per heavy atom. The molecule has 2 saturated heterocycles. The summed E-state index contributed by atoms with van der Waals surface area (Å²) in [6.45, 7) is 14.5. The van der Waals surface area contributed by atoms with E-state index < -0.39 is 0 Å². The van der Waals surface area contributed by atoms with E-state index >= 15 is 0 Å². The van der Waals surface area contributed by atoms with Crippen LogP contribution < -0.4 is 0 Å². The maximum atomic E-state index is 2.63. The van der Waals surface area contributed by atoms with Crippen molar-refractivity contribution >= 4 is 0 Å². The predicted molar refractivity (Wildman–Crippen MR) is 55.9 cm³/mol. The molecule has 0 atom stereocenters. The van der Waals surface area contributed by atoms with Gasteiger partial charge in [0.05, 0.1) is 0 Å². The van der Waals surface area contributed by atoms with Crippen LogP contribution in [0.25, 0.3) is 0 Å². The van der Waals surface area contributed by atoms with Crippen LogP contribution in [0.4, 0.5) is 0 Å². The molecule has 2 fully saturated rings. The first-order chi connectivity index (χ1) is 5.92. The first kappa shape index (κ1) is 9.47. The molecule has 0 radical (unpaired) electrons. The zero-order valence-electron chi connectivity index (χ0n) is 9.43. The summed E-state index contributed by atoms with van der Waals surface area (Å²) < 4.78 is 0. The average molecular weight is 182 g/mol. The molecule has 0 aromatic heterocycles. The van der Waals surface area contributed by atoms with Gasteiger partial charge in [-0.15, -0.1) is 0 Å². The van der Waals surface area contributed by atoms with Crippen molar-refractivity contribution in [3.8, 4) is 0 Å². The molecule has 0 amide bonds. The van der Waals surface area contributed by atoms with Gasteiger partial charge in [-0.2, -0.15) is 0 Å². The summed E-state index contributed by atoms with van der Waals surface area (Å²) in [5, 5.41) is 0. The molecular weight excluding hydrogens is 160 g/mol. The lowest BCUT2D eigenvalue weighted by atomic mass is 9.83. The normalized spacial score (nSPS) is 29.5. The molecule has 2 aliphatic rings. The van der Waals surface area contributed by atoms with Crippen molar-refractivity contribution in [2.45, 2.75) is 45.2 Å². The molecule has 0 spiro atoms. The minimum atomic E-state index is 0.365. The van der Waals surface area contributed by atoms with E-state index in [0.29, 0.717) is 11.1 Å². The molecule has 2 nitrogen and oxygen atoms in total. The number of likely N-dealkylation sites (tertiary alicyclic amines) is 2. The first-order valence-corrected chi connectivity index (χ1v) is 5.42. The summed E-state index contributed by atoms with van der Waals surface area (Å²) in [5.74, 6) is 0. The Morgan fingerprint density at radius 2 is 1.62 bits per heavy atom. The number of rotatable bonds is 1. The smallest absolute Gasteiger partial charge is 0.0435 e. The molecule has 2 aliphatic heterocycles. The summed E-state index contributed by atoms with van der Waals surface area (Å²) in [4.78, 5) is 5.21. The first-order valence-electron chi connectivity index (χ1n) is 5.42. The summed E-state index contributed by atoms with van der Waals surface area (Å²) in [7, 11) is 0. The van der Waals surface area contributed by atoms with Gasteiger partial charge in [0.15, 0.2) is 0 Å². The van der Waals surface area contributed by atoms with Crippen LogP contribution in [-0.4, -0.2) is 47.1 Å². The van der Waals surface area contributed by atoms with Gasteiger partial charge in [0.2, 0.25) is 0 Å². The largest absolute Gasteiger partial charge is 0.295 e. The van der Waals surface area contributed by atoms with Crippen LogP contribution in [0.15, 0.2) is 0 Å². The molecule has 2 rings (SSSR count). The Morgan fingerprint density at radius 3 is 1.92 bits per heavy atom. The Kier molecular flexibility index (Phi) is 1.97. The molecule has 0 saturated carbocycles. The van der Waals surface area contributed by atoms with Gasteiger partial charge in [0, 0.05) is 24.2 Å². The van der Waals surface area contributed by atoms with E-state index in [1.54, 1.807) is 0 Å². The molecule has 13 heavy (non-hydrogen) atoms. The van der Waals surface area contributed by atoms with Crippen molar-refractivity contribution < 1.29 is 0 Å². The van der Waals surface area contributed by atoms with Gasteiger partial charge >= 0.3 is 0 Å². The average Bonchev–Trinajstić information content (AvgIpc) is 1.75. The summed E-state index contributed by atoms with van der Waals surface area (Å²) in [6.07, 6.45) is 1.41. The highest BCUT2D eigenvalue weighted by Crippen LogP contribution is 2.35. The lowest BCUT2D eigenvalue weighted by Gasteiger charge is -2.60. The fourth-order valence-corrected chi connectivity index (χ4v) is 2.31. The highest BCUT2D eigenvalue weighted by Gasteiger charge is 2.48. The second-order valence-corrected chi connectivity index (χ2v) is 5.86. The maximum absolute atomic E-state index is 2.63. The minimum Gasteiger partial charge on any atom is -0.295 e. The van der Waals surface area contributed by atoms with Crippen LogP contribution in [0.2, 0.25) is 0 Å². The Hall–Kier alpha value is -0.0800. The molecule has 2 heterocycles. The van der Waals surface area contributed by atoms with Crippen molar-refractivity contribution in [3.63, 3.8) is 0 Å². The van der Waals surface area contributed by atoms with Crippen molar-refractivity contribution in [1.29, 1.82) is 0 Å². The second-order valence-electron chi connectivity index (χ2n) is 5.86. The quantitative estimate of drug-likeness (QED) is 0.607. The van der Waals surface area contributed by atoms with Crippen molar-refractivity contribution in [3.05, 3.63) is 0 Å². The highest BCUT2D eigenvalue weighted by atomic mass is 15.4. The van der Waals surface area contributed by atoms with Crippen LogP contribution in [0, 0.1) is 0 Å². The lowest BCUT2D eigenvalue weighted by molar-refractivity contribution is -0.106. The fraction of sp³-hybridized carbons (Fsp3) is 1.00. The molecule has 0 N–H and O–H groups in total. The van der Waals surface area contributed by atoms with Gasteiger partial charge < -0.3 is 0 Å². The summed E-state index contributed by atoms with van der Waals surface area (Å²) in [5.41, 5.74) is 0.871. The second kappa shape index (κ2) is 2.71. The third-order valence-corrected chi connectivity index (χ3v) is 3.63. The molecule has 0 aromatic rings. The molecular formula is C11H22N2. The monoisotopic (exact) mass is 182 g/mol. The van der Waals surface area contributed by atoms with Crippen molar-refractivity contribution in [1.82, 2.24) is 9.80 Å². The zero-order chi connectivity index (χ0) is 9.69.